The lowest BCUT2D eigenvalue weighted by Crippen LogP contribution is -2.56. The standard InChI is InChI=1S/C23H27NO6S/c1-3-29-14-7-9-15(10-8-14)31-18-11-24(16-6-4-5-13(2)19(16)18)23-22(28)21(27)20(26)17(12-25)30-23/h4-11,17,20-23,25-28H,3,12H2,1-2H3/t17-,20-,21+,22-,23-/m1/s1. The van der Waals surface area contributed by atoms with Crippen molar-refractivity contribution in [3.63, 3.8) is 0 Å². The van der Waals surface area contributed by atoms with Crippen LogP contribution in [0.15, 0.2) is 58.5 Å². The number of hydrogen-bond acceptors (Lipinski definition) is 7. The Hall–Kier alpha value is -2.07. The van der Waals surface area contributed by atoms with Gasteiger partial charge in [-0.1, -0.05) is 23.9 Å². The minimum absolute atomic E-state index is 0.465. The normalized spacial score (nSPS) is 26.3. The summed E-state index contributed by atoms with van der Waals surface area (Å²) in [6, 6.07) is 13.7. The maximum absolute atomic E-state index is 10.6. The van der Waals surface area contributed by atoms with Crippen molar-refractivity contribution in [2.75, 3.05) is 13.2 Å². The highest BCUT2D eigenvalue weighted by atomic mass is 32.2. The van der Waals surface area contributed by atoms with Crippen LogP contribution in [0.1, 0.15) is 18.7 Å². The number of ether oxygens (including phenoxy) is 2. The van der Waals surface area contributed by atoms with Crippen LogP contribution in [0.25, 0.3) is 10.9 Å². The topological polar surface area (TPSA) is 104 Å². The number of aromatic nitrogens is 1. The maximum Gasteiger partial charge on any atom is 0.163 e. The van der Waals surface area contributed by atoms with Crippen molar-refractivity contribution in [2.24, 2.45) is 0 Å². The third-order valence-electron chi connectivity index (χ3n) is 5.54. The van der Waals surface area contributed by atoms with E-state index in [1.165, 1.54) is 0 Å². The van der Waals surface area contributed by atoms with Gasteiger partial charge in [-0.25, -0.2) is 0 Å². The third-order valence-corrected chi connectivity index (χ3v) is 6.57. The zero-order chi connectivity index (χ0) is 22.1. The molecule has 0 radical (unpaired) electrons. The molecule has 0 spiro atoms. The number of aryl methyl sites for hydroxylation is 1. The van der Waals surface area contributed by atoms with E-state index < -0.39 is 37.3 Å². The predicted octanol–water partition coefficient (Wildman–Crippen LogP) is 2.47. The zero-order valence-electron chi connectivity index (χ0n) is 17.4. The Bertz CT molecular complexity index is 1030. The fourth-order valence-electron chi connectivity index (χ4n) is 3.95. The molecule has 8 heteroatoms. The Morgan fingerprint density at radius 2 is 1.77 bits per heavy atom. The van der Waals surface area contributed by atoms with Crippen molar-refractivity contribution in [3.05, 3.63) is 54.2 Å². The van der Waals surface area contributed by atoms with Crippen LogP contribution in [-0.2, 0) is 4.74 Å². The Kier molecular flexibility index (Phi) is 6.57. The molecule has 4 rings (SSSR count). The molecule has 0 aliphatic carbocycles. The molecule has 0 unspecified atom stereocenters. The average Bonchev–Trinajstić information content (AvgIpc) is 3.13. The second kappa shape index (κ2) is 9.20. The zero-order valence-corrected chi connectivity index (χ0v) is 18.2. The molecule has 4 N–H and O–H groups in total. The number of hydrogen-bond donors (Lipinski definition) is 4. The lowest BCUT2D eigenvalue weighted by atomic mass is 9.98. The molecule has 2 heterocycles. The summed E-state index contributed by atoms with van der Waals surface area (Å²) in [7, 11) is 0. The number of fused-ring (bicyclic) bond motifs is 1. The fraction of sp³-hybridized carbons (Fsp3) is 0.391. The van der Waals surface area contributed by atoms with Gasteiger partial charge in [0.05, 0.1) is 18.7 Å². The molecular formula is C23H27NO6S. The van der Waals surface area contributed by atoms with Gasteiger partial charge < -0.3 is 34.5 Å². The van der Waals surface area contributed by atoms with E-state index in [4.69, 9.17) is 9.47 Å². The van der Waals surface area contributed by atoms with Crippen LogP contribution in [0.2, 0.25) is 0 Å². The molecule has 5 atom stereocenters. The van der Waals surface area contributed by atoms with Crippen LogP contribution in [0, 0.1) is 6.92 Å². The van der Waals surface area contributed by atoms with Crippen molar-refractivity contribution in [1.82, 2.24) is 4.57 Å². The van der Waals surface area contributed by atoms with E-state index in [0.29, 0.717) is 6.61 Å². The van der Waals surface area contributed by atoms with Gasteiger partial charge in [0.2, 0.25) is 0 Å². The van der Waals surface area contributed by atoms with Crippen LogP contribution in [0.4, 0.5) is 0 Å². The minimum Gasteiger partial charge on any atom is -0.494 e. The van der Waals surface area contributed by atoms with E-state index >= 15 is 0 Å². The van der Waals surface area contributed by atoms with Gasteiger partial charge in [0.15, 0.2) is 6.23 Å². The summed E-state index contributed by atoms with van der Waals surface area (Å²) in [5, 5.41) is 41.6. The van der Waals surface area contributed by atoms with Crippen molar-refractivity contribution >= 4 is 22.7 Å². The highest BCUT2D eigenvalue weighted by Gasteiger charge is 2.44. The van der Waals surface area contributed by atoms with E-state index in [0.717, 1.165) is 32.0 Å². The first-order chi connectivity index (χ1) is 14.9. The Labute approximate surface area is 184 Å². The van der Waals surface area contributed by atoms with E-state index in [2.05, 4.69) is 0 Å². The summed E-state index contributed by atoms with van der Waals surface area (Å²) in [6.45, 7) is 4.10. The highest BCUT2D eigenvalue weighted by molar-refractivity contribution is 7.99. The molecule has 1 aliphatic rings. The molecule has 166 valence electrons. The van der Waals surface area contributed by atoms with Gasteiger partial charge in [-0.15, -0.1) is 0 Å². The lowest BCUT2D eigenvalue weighted by molar-refractivity contribution is -0.250. The van der Waals surface area contributed by atoms with Crippen molar-refractivity contribution < 1.29 is 29.9 Å². The summed E-state index contributed by atoms with van der Waals surface area (Å²) in [5.41, 5.74) is 1.90. The van der Waals surface area contributed by atoms with Gasteiger partial charge in [0.25, 0.3) is 0 Å². The smallest absolute Gasteiger partial charge is 0.163 e. The molecule has 3 aromatic rings. The largest absolute Gasteiger partial charge is 0.494 e. The van der Waals surface area contributed by atoms with Crippen LogP contribution < -0.4 is 4.74 Å². The van der Waals surface area contributed by atoms with Gasteiger partial charge in [0, 0.05) is 21.4 Å². The van der Waals surface area contributed by atoms with Crippen LogP contribution in [0.5, 0.6) is 5.75 Å². The van der Waals surface area contributed by atoms with E-state index in [-0.39, 0.29) is 0 Å². The molecule has 0 saturated carbocycles. The van der Waals surface area contributed by atoms with Crippen molar-refractivity contribution in [1.29, 1.82) is 0 Å². The third kappa shape index (κ3) is 4.19. The quantitative estimate of drug-likeness (QED) is 0.462. The number of rotatable bonds is 6. The first-order valence-corrected chi connectivity index (χ1v) is 11.1. The predicted molar refractivity (Wildman–Crippen MR) is 117 cm³/mol. The number of aliphatic hydroxyl groups excluding tert-OH is 4. The molecule has 1 aromatic heterocycles. The molecular weight excluding hydrogens is 418 g/mol. The Morgan fingerprint density at radius 3 is 2.45 bits per heavy atom. The monoisotopic (exact) mass is 445 g/mol. The van der Waals surface area contributed by atoms with Crippen molar-refractivity contribution in [2.45, 2.75) is 54.3 Å². The van der Waals surface area contributed by atoms with Gasteiger partial charge in [0.1, 0.15) is 30.2 Å². The minimum atomic E-state index is -1.43. The van der Waals surface area contributed by atoms with E-state index in [9.17, 15) is 20.4 Å². The van der Waals surface area contributed by atoms with Gasteiger partial charge in [-0.2, -0.15) is 0 Å². The van der Waals surface area contributed by atoms with Gasteiger partial charge in [-0.05, 0) is 49.7 Å². The van der Waals surface area contributed by atoms with Crippen LogP contribution >= 0.6 is 11.8 Å². The second-order valence-electron chi connectivity index (χ2n) is 7.60. The van der Waals surface area contributed by atoms with Crippen LogP contribution in [0.3, 0.4) is 0 Å². The summed E-state index contributed by atoms with van der Waals surface area (Å²) in [5.74, 6) is 0.812. The summed E-state index contributed by atoms with van der Waals surface area (Å²) < 4.78 is 13.1. The maximum atomic E-state index is 10.6. The first kappa shape index (κ1) is 22.1. The molecule has 1 fully saturated rings. The Balaban J connectivity index is 1.73. The van der Waals surface area contributed by atoms with Gasteiger partial charge >= 0.3 is 0 Å². The molecule has 0 amide bonds. The number of aliphatic hydroxyl groups is 4. The summed E-state index contributed by atoms with van der Waals surface area (Å²) >= 11 is 1.58. The fourth-order valence-corrected chi connectivity index (χ4v) is 5.01. The molecule has 1 saturated heterocycles. The lowest BCUT2D eigenvalue weighted by Gasteiger charge is -2.40. The molecule has 0 bridgehead atoms. The summed E-state index contributed by atoms with van der Waals surface area (Å²) in [4.78, 5) is 1.99. The second-order valence-corrected chi connectivity index (χ2v) is 8.71. The SMILES string of the molecule is CCOc1ccc(Sc2cn([C@@H]3O[C@H](CO)[C@@H](O)[C@H](O)[C@H]3O)c3cccc(C)c23)cc1. The molecule has 31 heavy (non-hydrogen) atoms. The van der Waals surface area contributed by atoms with E-state index in [1.54, 1.807) is 16.3 Å². The average molecular weight is 446 g/mol. The van der Waals surface area contributed by atoms with Crippen LogP contribution in [-0.4, -0.2) is 62.6 Å². The number of benzene rings is 2. The number of nitrogens with zero attached hydrogens (tertiary/aromatic N) is 1. The summed E-state index contributed by atoms with van der Waals surface area (Å²) in [6.07, 6.45) is -4.21. The van der Waals surface area contributed by atoms with Crippen molar-refractivity contribution in [3.8, 4) is 5.75 Å². The molecule has 7 nitrogen and oxygen atoms in total. The Morgan fingerprint density at radius 1 is 1.03 bits per heavy atom. The molecule has 1 aliphatic heterocycles. The molecule has 2 aromatic carbocycles. The van der Waals surface area contributed by atoms with Gasteiger partial charge in [-0.3, -0.25) is 0 Å². The first-order valence-electron chi connectivity index (χ1n) is 10.3. The van der Waals surface area contributed by atoms with E-state index in [1.807, 2.05) is 62.5 Å². The highest BCUT2D eigenvalue weighted by Crippen LogP contribution is 2.40.